The van der Waals surface area contributed by atoms with Gasteiger partial charge in [0.25, 0.3) is 0 Å². The smallest absolute Gasteiger partial charge is 0.0861 e. The number of hydrogen-bond acceptors (Lipinski definition) is 3. The van der Waals surface area contributed by atoms with Gasteiger partial charge in [0.15, 0.2) is 0 Å². The summed E-state index contributed by atoms with van der Waals surface area (Å²) in [5, 5.41) is 12.1. The monoisotopic (exact) mass is 315 g/mol. The molecule has 3 nitrogen and oxygen atoms in total. The van der Waals surface area contributed by atoms with Gasteiger partial charge in [0.2, 0.25) is 0 Å². The van der Waals surface area contributed by atoms with E-state index in [-0.39, 0.29) is 0 Å². The number of nitrogens with one attached hydrogen (secondary N) is 1. The van der Waals surface area contributed by atoms with E-state index in [9.17, 15) is 0 Å². The zero-order valence-corrected chi connectivity index (χ0v) is 14.2. The molecule has 1 N–H and O–H groups in total. The van der Waals surface area contributed by atoms with Crippen molar-refractivity contribution >= 4 is 22.7 Å². The fraction of sp³-hybridized carbons (Fsp3) is 0.143. The summed E-state index contributed by atoms with van der Waals surface area (Å²) in [5.41, 5.74) is 7.44. The van der Waals surface area contributed by atoms with E-state index in [1.165, 1.54) is 11.1 Å². The van der Waals surface area contributed by atoms with E-state index in [0.717, 1.165) is 28.3 Å². The minimum Gasteiger partial charge on any atom is -0.355 e. The summed E-state index contributed by atoms with van der Waals surface area (Å²) >= 11 is 0. The first-order valence-electron chi connectivity index (χ1n) is 8.03. The van der Waals surface area contributed by atoms with Crippen molar-refractivity contribution in [1.82, 2.24) is 0 Å². The average molecular weight is 315 g/mol. The van der Waals surface area contributed by atoms with Gasteiger partial charge in [0.05, 0.1) is 11.4 Å². The van der Waals surface area contributed by atoms with Crippen LogP contribution in [0.4, 0.5) is 22.7 Å². The van der Waals surface area contributed by atoms with Crippen LogP contribution in [-0.4, -0.2) is 0 Å². The number of rotatable bonds is 4. The molecule has 0 amide bonds. The van der Waals surface area contributed by atoms with Crippen molar-refractivity contribution < 1.29 is 0 Å². The maximum Gasteiger partial charge on any atom is 0.0861 e. The second-order valence-electron chi connectivity index (χ2n) is 6.03. The first-order valence-corrected chi connectivity index (χ1v) is 8.03. The van der Waals surface area contributed by atoms with E-state index in [1.807, 2.05) is 36.4 Å². The van der Waals surface area contributed by atoms with Gasteiger partial charge < -0.3 is 5.32 Å². The molecule has 120 valence electrons. The molecule has 0 spiro atoms. The van der Waals surface area contributed by atoms with Crippen LogP contribution in [0.5, 0.6) is 0 Å². The number of azo groups is 1. The Labute approximate surface area is 143 Å². The van der Waals surface area contributed by atoms with Gasteiger partial charge in [-0.3, -0.25) is 0 Å². The molecule has 0 heterocycles. The molecule has 0 aromatic heterocycles. The largest absolute Gasteiger partial charge is 0.355 e. The van der Waals surface area contributed by atoms with Crippen LogP contribution in [0.25, 0.3) is 0 Å². The Kier molecular flexibility index (Phi) is 4.71. The van der Waals surface area contributed by atoms with Gasteiger partial charge in [0, 0.05) is 11.4 Å². The summed E-state index contributed by atoms with van der Waals surface area (Å²) in [6.07, 6.45) is 0. The van der Waals surface area contributed by atoms with E-state index in [2.05, 4.69) is 66.6 Å². The number of aryl methyl sites for hydroxylation is 3. The summed E-state index contributed by atoms with van der Waals surface area (Å²) in [4.78, 5) is 0. The highest BCUT2D eigenvalue weighted by Gasteiger charge is 2.01. The maximum atomic E-state index is 4.34. The summed E-state index contributed by atoms with van der Waals surface area (Å²) in [7, 11) is 0. The molecule has 0 bridgehead atoms. The minimum atomic E-state index is 0.851. The van der Waals surface area contributed by atoms with Crippen LogP contribution in [-0.2, 0) is 0 Å². The van der Waals surface area contributed by atoms with Crippen LogP contribution in [0.1, 0.15) is 16.7 Å². The third kappa shape index (κ3) is 4.07. The Morgan fingerprint density at radius 2 is 1.33 bits per heavy atom. The molecule has 0 aliphatic carbocycles. The zero-order valence-electron chi connectivity index (χ0n) is 14.2. The molecular weight excluding hydrogens is 294 g/mol. The van der Waals surface area contributed by atoms with Gasteiger partial charge in [-0.25, -0.2) is 0 Å². The molecule has 3 heteroatoms. The molecule has 3 rings (SSSR count). The Balaban J connectivity index is 1.77. The lowest BCUT2D eigenvalue weighted by atomic mass is 10.1. The van der Waals surface area contributed by atoms with Crippen LogP contribution < -0.4 is 5.32 Å². The predicted octanol–water partition coefficient (Wildman–Crippen LogP) is 6.77. The summed E-state index contributed by atoms with van der Waals surface area (Å²) in [6, 6.07) is 22.4. The quantitative estimate of drug-likeness (QED) is 0.530. The molecule has 0 radical (unpaired) electrons. The Morgan fingerprint density at radius 3 is 2.00 bits per heavy atom. The van der Waals surface area contributed by atoms with Crippen LogP contribution in [0.3, 0.4) is 0 Å². The number of hydrogen-bond donors (Lipinski definition) is 1. The van der Waals surface area contributed by atoms with Crippen molar-refractivity contribution in [3.63, 3.8) is 0 Å². The van der Waals surface area contributed by atoms with Gasteiger partial charge in [-0.1, -0.05) is 24.3 Å². The fourth-order valence-corrected chi connectivity index (χ4v) is 2.53. The maximum absolute atomic E-state index is 4.34. The zero-order chi connectivity index (χ0) is 16.9. The van der Waals surface area contributed by atoms with Crippen molar-refractivity contribution in [2.45, 2.75) is 20.8 Å². The van der Waals surface area contributed by atoms with E-state index in [4.69, 9.17) is 0 Å². The van der Waals surface area contributed by atoms with Crippen LogP contribution in [0.15, 0.2) is 77.0 Å². The van der Waals surface area contributed by atoms with Crippen molar-refractivity contribution in [2.75, 3.05) is 5.32 Å². The van der Waals surface area contributed by atoms with E-state index in [0.29, 0.717) is 0 Å². The van der Waals surface area contributed by atoms with Crippen LogP contribution in [0, 0.1) is 20.8 Å². The summed E-state index contributed by atoms with van der Waals surface area (Å²) < 4.78 is 0. The van der Waals surface area contributed by atoms with Crippen LogP contribution >= 0.6 is 0 Å². The second-order valence-corrected chi connectivity index (χ2v) is 6.03. The topological polar surface area (TPSA) is 36.8 Å². The van der Waals surface area contributed by atoms with E-state index < -0.39 is 0 Å². The molecule has 0 saturated carbocycles. The fourth-order valence-electron chi connectivity index (χ4n) is 2.53. The molecule has 0 saturated heterocycles. The number of anilines is 2. The molecule has 0 atom stereocenters. The number of nitrogens with zero attached hydrogens (tertiary/aromatic N) is 2. The van der Waals surface area contributed by atoms with Crippen molar-refractivity contribution in [3.8, 4) is 0 Å². The highest BCUT2D eigenvalue weighted by molar-refractivity contribution is 5.66. The molecule has 0 aliphatic heterocycles. The lowest BCUT2D eigenvalue weighted by Gasteiger charge is -2.10. The van der Waals surface area contributed by atoms with Gasteiger partial charge in [-0.05, 0) is 79.9 Å². The highest BCUT2D eigenvalue weighted by Crippen LogP contribution is 2.26. The average Bonchev–Trinajstić information content (AvgIpc) is 2.55. The Bertz CT molecular complexity index is 882. The lowest BCUT2D eigenvalue weighted by molar-refractivity contribution is 1.22. The second kappa shape index (κ2) is 7.09. The molecule has 0 aliphatic rings. The van der Waals surface area contributed by atoms with Gasteiger partial charge >= 0.3 is 0 Å². The van der Waals surface area contributed by atoms with E-state index in [1.54, 1.807) is 0 Å². The lowest BCUT2D eigenvalue weighted by Crippen LogP contribution is -1.92. The minimum absolute atomic E-state index is 0.851. The normalized spacial score (nSPS) is 11.0. The SMILES string of the molecule is Cc1cccc(N=Nc2ccc(Nc3cccc(C)c3)c(C)c2)c1. The first-order chi connectivity index (χ1) is 11.6. The Hall–Kier alpha value is -2.94. The molecule has 0 unspecified atom stereocenters. The molecular formula is C21H21N3. The van der Waals surface area contributed by atoms with Gasteiger partial charge in [0.1, 0.15) is 0 Å². The van der Waals surface area contributed by atoms with Crippen molar-refractivity contribution in [3.05, 3.63) is 83.4 Å². The molecule has 3 aromatic rings. The van der Waals surface area contributed by atoms with Gasteiger partial charge in [-0.2, -0.15) is 10.2 Å². The third-order valence-electron chi connectivity index (χ3n) is 3.79. The third-order valence-corrected chi connectivity index (χ3v) is 3.79. The van der Waals surface area contributed by atoms with Crippen molar-refractivity contribution in [1.29, 1.82) is 0 Å². The van der Waals surface area contributed by atoms with Crippen molar-refractivity contribution in [2.24, 2.45) is 10.2 Å². The Morgan fingerprint density at radius 1 is 0.667 bits per heavy atom. The molecule has 24 heavy (non-hydrogen) atoms. The first kappa shape index (κ1) is 15.9. The highest BCUT2D eigenvalue weighted by atomic mass is 15.1. The predicted molar refractivity (Wildman–Crippen MR) is 101 cm³/mol. The molecule has 0 fully saturated rings. The summed E-state index contributed by atoms with van der Waals surface area (Å²) in [6.45, 7) is 6.21. The number of benzene rings is 3. The molecule has 3 aromatic carbocycles. The summed E-state index contributed by atoms with van der Waals surface area (Å²) in [5.74, 6) is 0. The standard InChI is InChI=1S/C21H21N3/c1-15-6-4-8-18(12-15)22-21-11-10-20(14-17(21)3)24-23-19-9-5-7-16(2)13-19/h4-14,22H,1-3H3. The van der Waals surface area contributed by atoms with E-state index >= 15 is 0 Å². The van der Waals surface area contributed by atoms with Crippen LogP contribution in [0.2, 0.25) is 0 Å². The van der Waals surface area contributed by atoms with Gasteiger partial charge in [-0.15, -0.1) is 0 Å².